The quantitative estimate of drug-likeness (QED) is 0.702. The second-order valence-corrected chi connectivity index (χ2v) is 4.97. The molecule has 2 aromatic carbocycles. The Hall–Kier alpha value is -3.35. The van der Waals surface area contributed by atoms with E-state index in [0.717, 1.165) is 5.52 Å². The SMILES string of the molecule is COc1ccc(NC(=O)COC(=O)c2n[nH]c3ccccc23)cc1. The summed E-state index contributed by atoms with van der Waals surface area (Å²) in [7, 11) is 1.56. The summed E-state index contributed by atoms with van der Waals surface area (Å²) in [6.07, 6.45) is 0. The minimum atomic E-state index is -0.655. The maximum absolute atomic E-state index is 12.1. The third-order valence-corrected chi connectivity index (χ3v) is 3.37. The number of nitrogens with zero attached hydrogens (tertiary/aromatic N) is 1. The zero-order chi connectivity index (χ0) is 16.9. The fraction of sp³-hybridized carbons (Fsp3) is 0.118. The Labute approximate surface area is 137 Å². The number of anilines is 1. The minimum Gasteiger partial charge on any atom is -0.497 e. The van der Waals surface area contributed by atoms with E-state index in [0.29, 0.717) is 16.8 Å². The molecule has 3 aromatic rings. The number of carbonyl (C=O) groups is 2. The number of H-pyrrole nitrogens is 1. The van der Waals surface area contributed by atoms with Crippen molar-refractivity contribution in [3.8, 4) is 5.75 Å². The largest absolute Gasteiger partial charge is 0.497 e. The Morgan fingerprint density at radius 2 is 1.88 bits per heavy atom. The summed E-state index contributed by atoms with van der Waals surface area (Å²) in [5.74, 6) is -0.407. The molecule has 1 amide bonds. The fourth-order valence-electron chi connectivity index (χ4n) is 2.19. The smallest absolute Gasteiger partial charge is 0.359 e. The molecule has 7 heteroatoms. The molecule has 0 spiro atoms. The number of para-hydroxylation sites is 1. The Morgan fingerprint density at radius 1 is 1.12 bits per heavy atom. The number of methoxy groups -OCH3 is 1. The van der Waals surface area contributed by atoms with Crippen molar-refractivity contribution in [1.82, 2.24) is 10.2 Å². The van der Waals surface area contributed by atoms with Crippen LogP contribution in [0.4, 0.5) is 5.69 Å². The van der Waals surface area contributed by atoms with E-state index >= 15 is 0 Å². The number of fused-ring (bicyclic) bond motifs is 1. The third-order valence-electron chi connectivity index (χ3n) is 3.37. The average molecular weight is 325 g/mol. The first-order valence-electron chi connectivity index (χ1n) is 7.21. The first-order valence-corrected chi connectivity index (χ1v) is 7.21. The first kappa shape index (κ1) is 15.5. The van der Waals surface area contributed by atoms with Crippen LogP contribution < -0.4 is 10.1 Å². The number of aromatic nitrogens is 2. The van der Waals surface area contributed by atoms with Gasteiger partial charge in [0.05, 0.1) is 12.6 Å². The molecule has 0 bridgehead atoms. The maximum Gasteiger partial charge on any atom is 0.359 e. The van der Waals surface area contributed by atoms with Gasteiger partial charge in [-0.15, -0.1) is 0 Å². The molecule has 24 heavy (non-hydrogen) atoms. The van der Waals surface area contributed by atoms with Gasteiger partial charge in [-0.2, -0.15) is 5.10 Å². The van der Waals surface area contributed by atoms with Crippen molar-refractivity contribution < 1.29 is 19.1 Å². The van der Waals surface area contributed by atoms with Gasteiger partial charge in [0, 0.05) is 11.1 Å². The first-order chi connectivity index (χ1) is 11.7. The van der Waals surface area contributed by atoms with E-state index in [1.165, 1.54) is 0 Å². The molecule has 0 aliphatic carbocycles. The summed E-state index contributed by atoms with van der Waals surface area (Å²) in [5.41, 5.74) is 1.47. The number of rotatable bonds is 5. The van der Waals surface area contributed by atoms with Gasteiger partial charge in [0.15, 0.2) is 12.3 Å². The average Bonchev–Trinajstić information content (AvgIpc) is 3.04. The van der Waals surface area contributed by atoms with Gasteiger partial charge < -0.3 is 14.8 Å². The Kier molecular flexibility index (Phi) is 4.42. The van der Waals surface area contributed by atoms with Crippen molar-refractivity contribution in [2.24, 2.45) is 0 Å². The maximum atomic E-state index is 12.1. The summed E-state index contributed by atoms with van der Waals surface area (Å²) in [4.78, 5) is 23.9. The van der Waals surface area contributed by atoms with Crippen molar-refractivity contribution >= 4 is 28.5 Å². The van der Waals surface area contributed by atoms with Gasteiger partial charge in [-0.1, -0.05) is 18.2 Å². The van der Waals surface area contributed by atoms with Crippen LogP contribution in [0.2, 0.25) is 0 Å². The van der Waals surface area contributed by atoms with Crippen LogP contribution in [-0.2, 0) is 9.53 Å². The lowest BCUT2D eigenvalue weighted by atomic mass is 10.2. The molecule has 1 aromatic heterocycles. The van der Waals surface area contributed by atoms with E-state index in [1.54, 1.807) is 49.6 Å². The molecule has 0 saturated heterocycles. The van der Waals surface area contributed by atoms with Crippen molar-refractivity contribution in [2.75, 3.05) is 19.0 Å². The number of hydrogen-bond acceptors (Lipinski definition) is 5. The van der Waals surface area contributed by atoms with Crippen LogP contribution in [0.25, 0.3) is 10.9 Å². The molecule has 0 fully saturated rings. The lowest BCUT2D eigenvalue weighted by Crippen LogP contribution is -2.21. The normalized spacial score (nSPS) is 10.4. The van der Waals surface area contributed by atoms with Crippen LogP contribution in [0.1, 0.15) is 10.5 Å². The van der Waals surface area contributed by atoms with E-state index in [9.17, 15) is 9.59 Å². The molecule has 0 aliphatic rings. The highest BCUT2D eigenvalue weighted by Crippen LogP contribution is 2.16. The zero-order valence-electron chi connectivity index (χ0n) is 12.9. The number of carbonyl (C=O) groups excluding carboxylic acids is 2. The molecule has 2 N–H and O–H groups in total. The monoisotopic (exact) mass is 325 g/mol. The van der Waals surface area contributed by atoms with Crippen LogP contribution in [-0.4, -0.2) is 35.8 Å². The molecular weight excluding hydrogens is 310 g/mol. The molecule has 3 rings (SSSR count). The molecule has 0 unspecified atom stereocenters. The van der Waals surface area contributed by atoms with E-state index in [2.05, 4.69) is 15.5 Å². The van der Waals surface area contributed by atoms with Gasteiger partial charge in [-0.3, -0.25) is 9.89 Å². The number of nitrogens with one attached hydrogen (secondary N) is 2. The summed E-state index contributed by atoms with van der Waals surface area (Å²) < 4.78 is 10.1. The molecule has 0 atom stereocenters. The fourth-order valence-corrected chi connectivity index (χ4v) is 2.19. The molecule has 0 aliphatic heterocycles. The van der Waals surface area contributed by atoms with Gasteiger partial charge in [-0.05, 0) is 30.3 Å². The topological polar surface area (TPSA) is 93.3 Å². The van der Waals surface area contributed by atoms with Gasteiger partial charge >= 0.3 is 5.97 Å². The Morgan fingerprint density at radius 3 is 2.62 bits per heavy atom. The lowest BCUT2D eigenvalue weighted by molar-refractivity contribution is -0.119. The van der Waals surface area contributed by atoms with Gasteiger partial charge in [-0.25, -0.2) is 4.79 Å². The van der Waals surface area contributed by atoms with Gasteiger partial charge in [0.2, 0.25) is 0 Å². The summed E-state index contributed by atoms with van der Waals surface area (Å²) in [6, 6.07) is 14.0. The van der Waals surface area contributed by atoms with Crippen molar-refractivity contribution in [2.45, 2.75) is 0 Å². The summed E-state index contributed by atoms with van der Waals surface area (Å²) in [5, 5.41) is 9.96. The van der Waals surface area contributed by atoms with Crippen LogP contribution in [0.5, 0.6) is 5.75 Å². The zero-order valence-corrected chi connectivity index (χ0v) is 12.9. The standard InChI is InChI=1S/C17H15N3O4/c1-23-12-8-6-11(7-9-12)18-15(21)10-24-17(22)16-13-4-2-3-5-14(13)19-20-16/h2-9H,10H2,1H3,(H,18,21)(H,19,20). The van der Waals surface area contributed by atoms with E-state index in [1.807, 2.05) is 6.07 Å². The Balaban J connectivity index is 1.58. The second kappa shape index (κ2) is 6.82. The van der Waals surface area contributed by atoms with E-state index in [-0.39, 0.29) is 5.69 Å². The predicted octanol–water partition coefficient (Wildman–Crippen LogP) is 2.37. The second-order valence-electron chi connectivity index (χ2n) is 4.97. The predicted molar refractivity (Wildman–Crippen MR) is 88.0 cm³/mol. The van der Waals surface area contributed by atoms with Crippen molar-refractivity contribution in [3.63, 3.8) is 0 Å². The van der Waals surface area contributed by atoms with Crippen LogP contribution in [0.3, 0.4) is 0 Å². The number of ether oxygens (including phenoxy) is 2. The van der Waals surface area contributed by atoms with Gasteiger partial charge in [0.25, 0.3) is 5.91 Å². The van der Waals surface area contributed by atoms with Gasteiger partial charge in [0.1, 0.15) is 5.75 Å². The van der Waals surface area contributed by atoms with Crippen molar-refractivity contribution in [1.29, 1.82) is 0 Å². The highest BCUT2D eigenvalue weighted by atomic mass is 16.5. The molecule has 1 heterocycles. The molecule has 0 saturated carbocycles. The highest BCUT2D eigenvalue weighted by molar-refractivity contribution is 6.03. The highest BCUT2D eigenvalue weighted by Gasteiger charge is 2.16. The number of amides is 1. The van der Waals surface area contributed by atoms with Crippen LogP contribution >= 0.6 is 0 Å². The van der Waals surface area contributed by atoms with E-state index < -0.39 is 18.5 Å². The van der Waals surface area contributed by atoms with Crippen LogP contribution in [0, 0.1) is 0 Å². The molecule has 0 radical (unpaired) electrons. The van der Waals surface area contributed by atoms with Crippen molar-refractivity contribution in [3.05, 3.63) is 54.2 Å². The molecule has 7 nitrogen and oxygen atoms in total. The molecule has 122 valence electrons. The minimum absolute atomic E-state index is 0.155. The Bertz CT molecular complexity index is 871. The number of benzene rings is 2. The number of esters is 1. The lowest BCUT2D eigenvalue weighted by Gasteiger charge is -2.06. The summed E-state index contributed by atoms with van der Waals surface area (Å²) >= 11 is 0. The number of aromatic amines is 1. The summed E-state index contributed by atoms with van der Waals surface area (Å²) in [6.45, 7) is -0.397. The third kappa shape index (κ3) is 3.35. The number of hydrogen-bond donors (Lipinski definition) is 2. The molecular formula is C17H15N3O4. The van der Waals surface area contributed by atoms with E-state index in [4.69, 9.17) is 9.47 Å². The van der Waals surface area contributed by atoms with Crippen LogP contribution in [0.15, 0.2) is 48.5 Å².